The molecule has 2 heterocycles. The van der Waals surface area contributed by atoms with Crippen LogP contribution < -0.4 is 21.3 Å². The Kier molecular flexibility index (Phi) is 7.11. The van der Waals surface area contributed by atoms with E-state index in [-0.39, 0.29) is 17.6 Å². The van der Waals surface area contributed by atoms with Crippen molar-refractivity contribution in [3.05, 3.63) is 47.4 Å². The Bertz CT molecular complexity index is 1230. The van der Waals surface area contributed by atoms with Gasteiger partial charge in [-0.3, -0.25) is 15.2 Å². The Balaban J connectivity index is 1.63. The van der Waals surface area contributed by atoms with Crippen LogP contribution in [0.25, 0.3) is 0 Å². The molecule has 12 heteroatoms. The van der Waals surface area contributed by atoms with Gasteiger partial charge in [0.25, 0.3) is 5.91 Å². The Labute approximate surface area is 201 Å². The van der Waals surface area contributed by atoms with E-state index in [0.717, 1.165) is 17.7 Å². The predicted octanol–water partition coefficient (Wildman–Crippen LogP) is 3.13. The molecule has 0 bridgehead atoms. The standard InChI is InChI=1S/C23H28N8O4/c1-12-7-8-14(10-16(12)27-23(34)35-3)25-21-20(22(33)26-15-5-4-6-17(15)32)24-11-19(29-21)28-18-9-13(2)30-31-18/h7-11,15,17,32H,4-6H2,1-3H3,(H,26,33)(H,27,34)(H3,25,28,29,30,31)/t15-,17-/m1/s1. The van der Waals surface area contributed by atoms with E-state index in [1.807, 2.05) is 26.0 Å². The van der Waals surface area contributed by atoms with Crippen LogP contribution in [0.1, 0.15) is 41.0 Å². The van der Waals surface area contributed by atoms with Crippen molar-refractivity contribution in [1.82, 2.24) is 25.5 Å². The van der Waals surface area contributed by atoms with Crippen molar-refractivity contribution >= 4 is 40.8 Å². The van der Waals surface area contributed by atoms with Gasteiger partial charge in [0.2, 0.25) is 0 Å². The van der Waals surface area contributed by atoms with Crippen molar-refractivity contribution in [2.75, 3.05) is 23.1 Å². The molecule has 0 radical (unpaired) electrons. The molecule has 184 valence electrons. The number of aliphatic hydroxyl groups is 1. The minimum atomic E-state index is -0.597. The third-order valence-corrected chi connectivity index (χ3v) is 5.67. The Morgan fingerprint density at radius 3 is 2.66 bits per heavy atom. The molecular formula is C23H28N8O4. The maximum atomic E-state index is 13.1. The molecule has 35 heavy (non-hydrogen) atoms. The summed E-state index contributed by atoms with van der Waals surface area (Å²) in [5, 5.41) is 28.8. The average Bonchev–Trinajstić information content (AvgIpc) is 3.43. The Hall–Kier alpha value is -4.19. The van der Waals surface area contributed by atoms with Crippen LogP contribution in [0.2, 0.25) is 0 Å². The van der Waals surface area contributed by atoms with Gasteiger partial charge in [0.1, 0.15) is 0 Å². The number of amides is 2. The third kappa shape index (κ3) is 5.84. The number of rotatable bonds is 7. The summed E-state index contributed by atoms with van der Waals surface area (Å²) in [6, 6.07) is 6.77. The summed E-state index contributed by atoms with van der Waals surface area (Å²) in [5.41, 5.74) is 2.87. The lowest BCUT2D eigenvalue weighted by molar-refractivity contribution is 0.0869. The number of hydrogen-bond acceptors (Lipinski definition) is 9. The lowest BCUT2D eigenvalue weighted by Crippen LogP contribution is -2.40. The summed E-state index contributed by atoms with van der Waals surface area (Å²) < 4.78 is 4.68. The maximum Gasteiger partial charge on any atom is 0.411 e. The largest absolute Gasteiger partial charge is 0.453 e. The number of aromatic nitrogens is 4. The van der Waals surface area contributed by atoms with Crippen LogP contribution in [0, 0.1) is 13.8 Å². The van der Waals surface area contributed by atoms with E-state index in [0.29, 0.717) is 35.9 Å². The molecule has 0 aliphatic heterocycles. The minimum Gasteiger partial charge on any atom is -0.453 e. The molecule has 12 nitrogen and oxygen atoms in total. The lowest BCUT2D eigenvalue weighted by atomic mass is 10.1. The molecule has 1 aliphatic carbocycles. The normalized spacial score (nSPS) is 17.0. The first kappa shape index (κ1) is 24.0. The number of carbonyl (C=O) groups excluding carboxylic acids is 2. The molecule has 2 atom stereocenters. The molecule has 4 rings (SSSR count). The number of anilines is 5. The molecule has 1 aromatic carbocycles. The van der Waals surface area contributed by atoms with Crippen molar-refractivity contribution < 1.29 is 19.4 Å². The number of benzene rings is 1. The quantitative estimate of drug-likeness (QED) is 0.298. The lowest BCUT2D eigenvalue weighted by Gasteiger charge is -2.18. The molecule has 6 N–H and O–H groups in total. The monoisotopic (exact) mass is 480 g/mol. The Morgan fingerprint density at radius 1 is 1.14 bits per heavy atom. The van der Waals surface area contributed by atoms with Gasteiger partial charge in [0, 0.05) is 23.1 Å². The molecule has 1 fully saturated rings. The molecule has 0 spiro atoms. The first-order valence-electron chi connectivity index (χ1n) is 11.2. The van der Waals surface area contributed by atoms with Crippen molar-refractivity contribution in [3.8, 4) is 0 Å². The van der Waals surface area contributed by atoms with Gasteiger partial charge in [-0.2, -0.15) is 5.10 Å². The third-order valence-electron chi connectivity index (χ3n) is 5.67. The predicted molar refractivity (Wildman–Crippen MR) is 130 cm³/mol. The molecule has 0 unspecified atom stereocenters. The first-order chi connectivity index (χ1) is 16.8. The van der Waals surface area contributed by atoms with Crippen molar-refractivity contribution in [3.63, 3.8) is 0 Å². The zero-order chi connectivity index (χ0) is 24.9. The Morgan fingerprint density at radius 2 is 1.97 bits per heavy atom. The van der Waals surface area contributed by atoms with E-state index in [1.165, 1.54) is 13.3 Å². The number of hydrogen-bond donors (Lipinski definition) is 6. The fourth-order valence-corrected chi connectivity index (χ4v) is 3.79. The summed E-state index contributed by atoms with van der Waals surface area (Å²) in [6.07, 6.45) is 2.44. The van der Waals surface area contributed by atoms with Gasteiger partial charge in [0.05, 0.1) is 25.5 Å². The van der Waals surface area contributed by atoms with Gasteiger partial charge >= 0.3 is 6.09 Å². The summed E-state index contributed by atoms with van der Waals surface area (Å²) >= 11 is 0. The van der Waals surface area contributed by atoms with Crippen molar-refractivity contribution in [2.24, 2.45) is 0 Å². The second-order valence-electron chi connectivity index (χ2n) is 8.36. The van der Waals surface area contributed by atoms with Crippen molar-refractivity contribution in [1.29, 1.82) is 0 Å². The minimum absolute atomic E-state index is 0.0657. The maximum absolute atomic E-state index is 13.1. The van der Waals surface area contributed by atoms with E-state index in [1.54, 1.807) is 12.1 Å². The highest BCUT2D eigenvalue weighted by Gasteiger charge is 2.28. The van der Waals surface area contributed by atoms with E-state index >= 15 is 0 Å². The zero-order valence-electron chi connectivity index (χ0n) is 19.7. The molecule has 1 aliphatic rings. The van der Waals surface area contributed by atoms with E-state index in [4.69, 9.17) is 0 Å². The number of ether oxygens (including phenoxy) is 1. The fourth-order valence-electron chi connectivity index (χ4n) is 3.79. The highest BCUT2D eigenvalue weighted by molar-refractivity contribution is 5.98. The van der Waals surface area contributed by atoms with E-state index in [9.17, 15) is 14.7 Å². The van der Waals surface area contributed by atoms with Gasteiger partial charge in [-0.1, -0.05) is 6.07 Å². The zero-order valence-corrected chi connectivity index (χ0v) is 19.7. The summed E-state index contributed by atoms with van der Waals surface area (Å²) in [5.74, 6) is 0.665. The fraction of sp³-hybridized carbons (Fsp3) is 0.348. The summed E-state index contributed by atoms with van der Waals surface area (Å²) in [4.78, 5) is 33.6. The number of methoxy groups -OCH3 is 1. The smallest absolute Gasteiger partial charge is 0.411 e. The number of aromatic amines is 1. The number of carbonyl (C=O) groups is 2. The van der Waals surface area contributed by atoms with Gasteiger partial charge in [-0.05, 0) is 50.8 Å². The molecule has 2 aromatic heterocycles. The van der Waals surface area contributed by atoms with Crippen LogP contribution in [-0.2, 0) is 4.74 Å². The first-order valence-corrected chi connectivity index (χ1v) is 11.2. The molecule has 0 saturated heterocycles. The highest BCUT2D eigenvalue weighted by atomic mass is 16.5. The second-order valence-corrected chi connectivity index (χ2v) is 8.36. The van der Waals surface area contributed by atoms with E-state index < -0.39 is 18.1 Å². The number of nitrogens with one attached hydrogen (secondary N) is 5. The molecule has 3 aromatic rings. The van der Waals surface area contributed by atoms with Gasteiger partial charge in [-0.15, -0.1) is 0 Å². The van der Waals surface area contributed by atoms with Crippen LogP contribution in [0.15, 0.2) is 30.5 Å². The summed E-state index contributed by atoms with van der Waals surface area (Å²) in [6.45, 7) is 3.72. The van der Waals surface area contributed by atoms with Crippen LogP contribution in [-0.4, -0.2) is 56.5 Å². The van der Waals surface area contributed by atoms with Gasteiger partial charge < -0.3 is 25.8 Å². The molecular weight excluding hydrogens is 452 g/mol. The van der Waals surface area contributed by atoms with Crippen LogP contribution in [0.4, 0.5) is 33.6 Å². The summed E-state index contributed by atoms with van der Waals surface area (Å²) in [7, 11) is 1.29. The molecule has 1 saturated carbocycles. The van der Waals surface area contributed by atoms with Gasteiger partial charge in [0.15, 0.2) is 23.1 Å². The van der Waals surface area contributed by atoms with Crippen LogP contribution in [0.3, 0.4) is 0 Å². The van der Waals surface area contributed by atoms with E-state index in [2.05, 4.69) is 46.2 Å². The van der Waals surface area contributed by atoms with Gasteiger partial charge in [-0.25, -0.2) is 14.8 Å². The topological polar surface area (TPSA) is 166 Å². The number of H-pyrrole nitrogens is 1. The molecule has 2 amide bonds. The van der Waals surface area contributed by atoms with Crippen molar-refractivity contribution in [2.45, 2.75) is 45.3 Å². The van der Waals surface area contributed by atoms with Crippen LogP contribution >= 0.6 is 0 Å². The highest BCUT2D eigenvalue weighted by Crippen LogP contribution is 2.26. The van der Waals surface area contributed by atoms with Crippen LogP contribution in [0.5, 0.6) is 0 Å². The number of nitrogens with zero attached hydrogens (tertiary/aromatic N) is 3. The SMILES string of the molecule is COC(=O)Nc1cc(Nc2nc(Nc3cc(C)[nH]n3)cnc2C(=O)N[C@@H]2CCC[C@H]2O)ccc1C. The average molecular weight is 481 g/mol. The number of aryl methyl sites for hydroxylation is 2. The second kappa shape index (κ2) is 10.4. The number of aliphatic hydroxyl groups excluding tert-OH is 1.